The number of nitrogens with zero attached hydrogens (tertiary/aromatic N) is 1. The molecule has 6 nitrogen and oxygen atoms in total. The summed E-state index contributed by atoms with van der Waals surface area (Å²) in [6, 6.07) is 21.8. The lowest BCUT2D eigenvalue weighted by Gasteiger charge is -2.26. The fraction of sp³-hybridized carbons (Fsp3) is 0.269. The minimum Gasteiger partial charge on any atom is -0.497 e. The zero-order valence-corrected chi connectivity index (χ0v) is 19.9. The SMILES string of the molecule is CCCCc1ccc(N(C(=O)C(C)Oc2cccc(OC)c2)S(=O)(=O)c2ccccc2)cc1. The maximum absolute atomic E-state index is 13.5. The number of hydrogen-bond acceptors (Lipinski definition) is 5. The van der Waals surface area contributed by atoms with Gasteiger partial charge < -0.3 is 9.47 Å². The van der Waals surface area contributed by atoms with Crippen molar-refractivity contribution in [2.45, 2.75) is 44.1 Å². The molecule has 0 saturated heterocycles. The van der Waals surface area contributed by atoms with Gasteiger partial charge in [0.1, 0.15) is 11.5 Å². The van der Waals surface area contributed by atoms with Crippen LogP contribution >= 0.6 is 0 Å². The highest BCUT2D eigenvalue weighted by Crippen LogP contribution is 2.27. The molecule has 0 aromatic heterocycles. The van der Waals surface area contributed by atoms with Crippen molar-refractivity contribution in [2.75, 3.05) is 11.4 Å². The van der Waals surface area contributed by atoms with Gasteiger partial charge in [-0.1, -0.05) is 49.7 Å². The standard InChI is InChI=1S/C26H29NO5S/c1-4-5-10-21-15-17-22(18-16-21)27(33(29,30)25-13-7-6-8-14-25)26(28)20(2)32-24-12-9-11-23(19-24)31-3/h6-9,11-20H,4-5,10H2,1-3H3. The van der Waals surface area contributed by atoms with Crippen molar-refractivity contribution < 1.29 is 22.7 Å². The van der Waals surface area contributed by atoms with Crippen LogP contribution in [0.25, 0.3) is 0 Å². The van der Waals surface area contributed by atoms with Gasteiger partial charge in [0.15, 0.2) is 6.10 Å². The van der Waals surface area contributed by atoms with Crippen LogP contribution < -0.4 is 13.8 Å². The number of sulfonamides is 1. The first-order chi connectivity index (χ1) is 15.9. The largest absolute Gasteiger partial charge is 0.497 e. The molecule has 3 aromatic carbocycles. The van der Waals surface area contributed by atoms with E-state index in [2.05, 4.69) is 6.92 Å². The summed E-state index contributed by atoms with van der Waals surface area (Å²) in [6.07, 6.45) is 1.94. The first-order valence-corrected chi connectivity index (χ1v) is 12.3. The molecule has 0 radical (unpaired) electrons. The highest BCUT2D eigenvalue weighted by atomic mass is 32.2. The van der Waals surface area contributed by atoms with Crippen molar-refractivity contribution in [3.8, 4) is 11.5 Å². The van der Waals surface area contributed by atoms with Gasteiger partial charge in [0, 0.05) is 6.07 Å². The molecular weight excluding hydrogens is 438 g/mol. The molecule has 0 saturated carbocycles. The number of hydrogen-bond donors (Lipinski definition) is 0. The van der Waals surface area contributed by atoms with E-state index in [-0.39, 0.29) is 10.6 Å². The van der Waals surface area contributed by atoms with Gasteiger partial charge in [-0.3, -0.25) is 4.79 Å². The number of carbonyl (C=O) groups excluding carboxylic acids is 1. The van der Waals surface area contributed by atoms with Gasteiger partial charge in [-0.05, 0) is 61.7 Å². The number of carbonyl (C=O) groups is 1. The Kier molecular flexibility index (Phi) is 8.11. The lowest BCUT2D eigenvalue weighted by molar-refractivity contribution is -0.123. The molecule has 0 bridgehead atoms. The Hall–Kier alpha value is -3.32. The normalized spacial score (nSPS) is 12.1. The highest BCUT2D eigenvalue weighted by Gasteiger charge is 2.34. The fourth-order valence-corrected chi connectivity index (χ4v) is 4.85. The van der Waals surface area contributed by atoms with E-state index >= 15 is 0 Å². The minimum absolute atomic E-state index is 0.0296. The summed E-state index contributed by atoms with van der Waals surface area (Å²) in [5.41, 5.74) is 1.36. The Labute approximate surface area is 195 Å². The van der Waals surface area contributed by atoms with E-state index in [0.29, 0.717) is 11.5 Å². The quantitative estimate of drug-likeness (QED) is 0.408. The van der Waals surface area contributed by atoms with E-state index in [1.54, 1.807) is 54.6 Å². The van der Waals surface area contributed by atoms with Crippen molar-refractivity contribution in [3.63, 3.8) is 0 Å². The van der Waals surface area contributed by atoms with Crippen LogP contribution in [0.1, 0.15) is 32.3 Å². The monoisotopic (exact) mass is 467 g/mol. The van der Waals surface area contributed by atoms with Crippen molar-refractivity contribution in [2.24, 2.45) is 0 Å². The molecule has 0 aliphatic carbocycles. The number of unbranched alkanes of at least 4 members (excludes halogenated alkanes) is 1. The van der Waals surface area contributed by atoms with Gasteiger partial charge in [-0.2, -0.15) is 4.31 Å². The zero-order chi connectivity index (χ0) is 23.8. The van der Waals surface area contributed by atoms with Crippen LogP contribution in [0.5, 0.6) is 11.5 Å². The number of anilines is 1. The van der Waals surface area contributed by atoms with Gasteiger partial charge in [-0.15, -0.1) is 0 Å². The predicted octanol–water partition coefficient (Wildman–Crippen LogP) is 5.23. The molecule has 33 heavy (non-hydrogen) atoms. The number of aryl methyl sites for hydroxylation is 1. The Balaban J connectivity index is 1.96. The summed E-state index contributed by atoms with van der Waals surface area (Å²) in [5.74, 6) is 0.286. The number of ether oxygens (including phenoxy) is 2. The maximum atomic E-state index is 13.5. The molecule has 3 aromatic rings. The molecule has 0 aliphatic heterocycles. The molecule has 0 spiro atoms. The van der Waals surface area contributed by atoms with Crippen LogP contribution in [0.4, 0.5) is 5.69 Å². The van der Waals surface area contributed by atoms with Crippen LogP contribution in [0, 0.1) is 0 Å². The molecular formula is C26H29NO5S. The molecule has 7 heteroatoms. The van der Waals surface area contributed by atoms with Crippen molar-refractivity contribution in [1.29, 1.82) is 0 Å². The van der Waals surface area contributed by atoms with Crippen LogP contribution in [0.2, 0.25) is 0 Å². The van der Waals surface area contributed by atoms with Crippen LogP contribution in [0.15, 0.2) is 83.8 Å². The molecule has 1 atom stereocenters. The van der Waals surface area contributed by atoms with Crippen molar-refractivity contribution in [3.05, 3.63) is 84.4 Å². The summed E-state index contributed by atoms with van der Waals surface area (Å²) in [6.45, 7) is 3.65. The summed E-state index contributed by atoms with van der Waals surface area (Å²) < 4.78 is 38.9. The molecule has 174 valence electrons. The van der Waals surface area contributed by atoms with E-state index in [1.165, 1.54) is 26.2 Å². The zero-order valence-electron chi connectivity index (χ0n) is 19.1. The van der Waals surface area contributed by atoms with Gasteiger partial charge in [-0.25, -0.2) is 8.42 Å². The average Bonchev–Trinajstić information content (AvgIpc) is 2.84. The fourth-order valence-electron chi connectivity index (χ4n) is 3.36. The van der Waals surface area contributed by atoms with Crippen LogP contribution in [-0.4, -0.2) is 27.5 Å². The Morgan fingerprint density at radius 2 is 1.61 bits per heavy atom. The number of amides is 1. The Morgan fingerprint density at radius 1 is 0.939 bits per heavy atom. The van der Waals surface area contributed by atoms with E-state index in [0.717, 1.165) is 29.1 Å². The van der Waals surface area contributed by atoms with Crippen LogP contribution in [0.3, 0.4) is 0 Å². The summed E-state index contributed by atoms with van der Waals surface area (Å²) in [7, 11) is -2.62. The number of benzene rings is 3. The number of rotatable bonds is 10. The van der Waals surface area contributed by atoms with E-state index < -0.39 is 22.0 Å². The van der Waals surface area contributed by atoms with Crippen molar-refractivity contribution >= 4 is 21.6 Å². The van der Waals surface area contributed by atoms with Gasteiger partial charge in [0.05, 0.1) is 17.7 Å². The second-order valence-corrected chi connectivity index (χ2v) is 9.42. The Morgan fingerprint density at radius 3 is 2.24 bits per heavy atom. The summed E-state index contributed by atoms with van der Waals surface area (Å²) in [4.78, 5) is 13.5. The Bertz CT molecular complexity index is 1160. The molecule has 1 unspecified atom stereocenters. The van der Waals surface area contributed by atoms with Gasteiger partial charge in [0.2, 0.25) is 0 Å². The van der Waals surface area contributed by atoms with Gasteiger partial charge in [0.25, 0.3) is 15.9 Å². The van der Waals surface area contributed by atoms with Gasteiger partial charge >= 0.3 is 0 Å². The smallest absolute Gasteiger partial charge is 0.281 e. The summed E-state index contributed by atoms with van der Waals surface area (Å²) >= 11 is 0. The lowest BCUT2D eigenvalue weighted by Crippen LogP contribution is -2.44. The second kappa shape index (κ2) is 11.0. The minimum atomic E-state index is -4.15. The van der Waals surface area contributed by atoms with Crippen molar-refractivity contribution in [1.82, 2.24) is 0 Å². The molecule has 1 amide bonds. The van der Waals surface area contributed by atoms with E-state index in [9.17, 15) is 13.2 Å². The lowest BCUT2D eigenvalue weighted by atomic mass is 10.1. The third-order valence-electron chi connectivity index (χ3n) is 5.17. The third kappa shape index (κ3) is 5.93. The second-order valence-electron chi connectivity index (χ2n) is 7.63. The predicted molar refractivity (Wildman–Crippen MR) is 129 cm³/mol. The first-order valence-electron chi connectivity index (χ1n) is 10.9. The first kappa shape index (κ1) is 24.3. The molecule has 0 heterocycles. The highest BCUT2D eigenvalue weighted by molar-refractivity contribution is 7.93. The molecule has 0 fully saturated rings. The van der Waals surface area contributed by atoms with E-state index in [1.807, 2.05) is 12.1 Å². The maximum Gasteiger partial charge on any atom is 0.281 e. The van der Waals surface area contributed by atoms with Crippen LogP contribution in [-0.2, 0) is 21.2 Å². The third-order valence-corrected chi connectivity index (χ3v) is 6.91. The topological polar surface area (TPSA) is 72.9 Å². The molecule has 3 rings (SSSR count). The molecule has 0 N–H and O–H groups in total. The summed E-state index contributed by atoms with van der Waals surface area (Å²) in [5, 5.41) is 0. The average molecular weight is 468 g/mol. The molecule has 0 aliphatic rings. The van der Waals surface area contributed by atoms with E-state index in [4.69, 9.17) is 9.47 Å². The number of methoxy groups -OCH3 is 1.